The Morgan fingerprint density at radius 2 is 1.75 bits per heavy atom. The Morgan fingerprint density at radius 1 is 1.03 bits per heavy atom. The maximum absolute atomic E-state index is 13.0. The number of aliphatic hydroxyl groups is 1. The minimum atomic E-state index is -1.26. The number of amides is 1. The van der Waals surface area contributed by atoms with Crippen LogP contribution in [-0.2, 0) is 9.59 Å². The molecule has 0 radical (unpaired) electrons. The summed E-state index contributed by atoms with van der Waals surface area (Å²) < 4.78 is 0. The Hall–Kier alpha value is -3.92. The molecule has 36 heavy (non-hydrogen) atoms. The molecule has 3 aromatic carbocycles. The number of Topliss-reactive ketones (excluding diaryl/α,β-unsaturated/α-hetero) is 1. The van der Waals surface area contributed by atoms with Gasteiger partial charge in [-0.3, -0.25) is 24.7 Å². The third-order valence-electron chi connectivity index (χ3n) is 5.17. The molecule has 0 saturated heterocycles. The second kappa shape index (κ2) is 10.4. The molecule has 9 nitrogen and oxygen atoms in total. The number of nitrogens with zero attached hydrogens (tertiary/aromatic N) is 3. The fraction of sp³-hybridized carbons (Fsp3) is 0.0417. The van der Waals surface area contributed by atoms with E-state index in [0.29, 0.717) is 11.3 Å². The first-order chi connectivity index (χ1) is 17.2. The standard InChI is InChI=1S/C24H15Cl3N4O5/c25-14-9-10-16(19(11-14)31(35)36)28-24(34)23(33)22-20(32)12-18(13-5-2-1-3-6-13)30(29-22)17-8-4-7-15(26)21(17)27/h1-12,18,32H,(H,28,34)/t18-/m0/s1. The maximum atomic E-state index is 13.0. The molecule has 12 heteroatoms. The Morgan fingerprint density at radius 3 is 2.44 bits per heavy atom. The van der Waals surface area contributed by atoms with Gasteiger partial charge >= 0.3 is 0 Å². The summed E-state index contributed by atoms with van der Waals surface area (Å²) >= 11 is 18.4. The fourth-order valence-electron chi connectivity index (χ4n) is 3.49. The van der Waals surface area contributed by atoms with Crippen molar-refractivity contribution in [2.45, 2.75) is 6.04 Å². The zero-order valence-corrected chi connectivity index (χ0v) is 20.3. The van der Waals surface area contributed by atoms with Crippen molar-refractivity contribution in [2.75, 3.05) is 10.3 Å². The number of ketones is 1. The third-order valence-corrected chi connectivity index (χ3v) is 6.22. The zero-order chi connectivity index (χ0) is 26.0. The van der Waals surface area contributed by atoms with E-state index in [-0.39, 0.29) is 20.8 Å². The highest BCUT2D eigenvalue weighted by atomic mass is 35.5. The molecule has 2 N–H and O–H groups in total. The van der Waals surface area contributed by atoms with Gasteiger partial charge in [-0.2, -0.15) is 5.10 Å². The smallest absolute Gasteiger partial charge is 0.298 e. The predicted molar refractivity (Wildman–Crippen MR) is 138 cm³/mol. The number of aliphatic hydroxyl groups excluding tert-OH is 1. The van der Waals surface area contributed by atoms with Gasteiger partial charge in [-0.15, -0.1) is 0 Å². The molecule has 0 aliphatic carbocycles. The monoisotopic (exact) mass is 544 g/mol. The number of anilines is 2. The SMILES string of the molecule is O=C(Nc1ccc(Cl)cc1[N+](=O)[O-])C(=O)C1=NN(c2cccc(Cl)c2Cl)[C@H](c2ccccc2)C=C1O. The molecular formula is C24H15Cl3N4O5. The zero-order valence-electron chi connectivity index (χ0n) is 18.1. The summed E-state index contributed by atoms with van der Waals surface area (Å²) in [6, 6.07) is 16.6. The molecule has 3 aromatic rings. The lowest BCUT2D eigenvalue weighted by atomic mass is 10.0. The summed E-state index contributed by atoms with van der Waals surface area (Å²) in [4.78, 5) is 36.3. The fourth-order valence-corrected chi connectivity index (χ4v) is 4.04. The highest BCUT2D eigenvalue weighted by Gasteiger charge is 2.34. The van der Waals surface area contributed by atoms with Gasteiger partial charge < -0.3 is 10.4 Å². The van der Waals surface area contributed by atoms with Crippen LogP contribution >= 0.6 is 34.8 Å². The lowest BCUT2D eigenvalue weighted by Crippen LogP contribution is -2.37. The number of nitro benzene ring substituents is 1. The molecule has 0 saturated carbocycles. The molecule has 1 aliphatic heterocycles. The Kier molecular flexibility index (Phi) is 7.25. The van der Waals surface area contributed by atoms with Gasteiger partial charge in [-0.05, 0) is 35.9 Å². The van der Waals surface area contributed by atoms with E-state index in [2.05, 4.69) is 10.4 Å². The van der Waals surface area contributed by atoms with Gasteiger partial charge in [0.25, 0.3) is 17.4 Å². The predicted octanol–water partition coefficient (Wildman–Crippen LogP) is 6.12. The Balaban J connectivity index is 1.73. The van der Waals surface area contributed by atoms with Crippen molar-refractivity contribution < 1.29 is 19.6 Å². The molecule has 0 unspecified atom stereocenters. The van der Waals surface area contributed by atoms with Crippen LogP contribution in [0.15, 0.2) is 83.7 Å². The molecule has 0 aromatic heterocycles. The molecule has 0 fully saturated rings. The van der Waals surface area contributed by atoms with Crippen LogP contribution < -0.4 is 10.3 Å². The number of rotatable bonds is 6. The van der Waals surface area contributed by atoms with E-state index in [1.807, 2.05) is 6.07 Å². The first kappa shape index (κ1) is 25.2. The van der Waals surface area contributed by atoms with Crippen molar-refractivity contribution in [1.82, 2.24) is 0 Å². The number of benzene rings is 3. The maximum Gasteiger partial charge on any atom is 0.298 e. The van der Waals surface area contributed by atoms with Crippen molar-refractivity contribution in [3.8, 4) is 0 Å². The Bertz CT molecular complexity index is 1440. The first-order valence-corrected chi connectivity index (χ1v) is 11.4. The summed E-state index contributed by atoms with van der Waals surface area (Å²) in [6.45, 7) is 0. The summed E-state index contributed by atoms with van der Waals surface area (Å²) in [6.07, 6.45) is 1.34. The van der Waals surface area contributed by atoms with Gasteiger partial charge in [-0.1, -0.05) is 71.2 Å². The van der Waals surface area contributed by atoms with E-state index < -0.39 is 39.8 Å². The number of hydrazone groups is 1. The minimum absolute atomic E-state index is 0.0734. The summed E-state index contributed by atoms with van der Waals surface area (Å²) in [5.41, 5.74) is -0.324. The third kappa shape index (κ3) is 5.03. The van der Waals surface area contributed by atoms with Crippen molar-refractivity contribution in [3.05, 3.63) is 109 Å². The number of halogens is 3. The molecule has 1 heterocycles. The summed E-state index contributed by atoms with van der Waals surface area (Å²) in [5, 5.41) is 30.2. The quantitative estimate of drug-likeness (QED) is 0.218. The number of hydrogen-bond donors (Lipinski definition) is 2. The van der Waals surface area contributed by atoms with E-state index in [0.717, 1.165) is 6.07 Å². The lowest BCUT2D eigenvalue weighted by Gasteiger charge is -2.32. The van der Waals surface area contributed by atoms with E-state index in [9.17, 15) is 24.8 Å². The first-order valence-electron chi connectivity index (χ1n) is 10.2. The van der Waals surface area contributed by atoms with Crippen LogP contribution in [0.4, 0.5) is 17.1 Å². The van der Waals surface area contributed by atoms with Crippen molar-refractivity contribution >= 4 is 69.3 Å². The molecule has 0 bridgehead atoms. The number of hydrogen-bond acceptors (Lipinski definition) is 7. The molecule has 182 valence electrons. The van der Waals surface area contributed by atoms with Crippen LogP contribution in [0.3, 0.4) is 0 Å². The van der Waals surface area contributed by atoms with Gasteiger partial charge in [0.05, 0.1) is 26.7 Å². The van der Waals surface area contributed by atoms with Crippen molar-refractivity contribution in [2.24, 2.45) is 5.10 Å². The average Bonchev–Trinajstić information content (AvgIpc) is 2.86. The van der Waals surface area contributed by atoms with E-state index in [4.69, 9.17) is 34.8 Å². The van der Waals surface area contributed by atoms with Gasteiger partial charge in [0.15, 0.2) is 5.71 Å². The highest BCUT2D eigenvalue weighted by molar-refractivity contribution is 6.69. The van der Waals surface area contributed by atoms with Gasteiger partial charge in [-0.25, -0.2) is 0 Å². The second-order valence-corrected chi connectivity index (χ2v) is 8.70. The van der Waals surface area contributed by atoms with Crippen LogP contribution in [0.25, 0.3) is 0 Å². The van der Waals surface area contributed by atoms with Gasteiger partial charge in [0, 0.05) is 11.1 Å². The summed E-state index contributed by atoms with van der Waals surface area (Å²) in [5.74, 6) is -3.04. The number of nitrogens with one attached hydrogen (secondary N) is 1. The number of nitro groups is 1. The van der Waals surface area contributed by atoms with Crippen molar-refractivity contribution in [1.29, 1.82) is 0 Å². The minimum Gasteiger partial charge on any atom is -0.506 e. The van der Waals surface area contributed by atoms with Gasteiger partial charge in [0.2, 0.25) is 0 Å². The van der Waals surface area contributed by atoms with E-state index in [1.165, 1.54) is 23.2 Å². The number of carbonyl (C=O) groups is 2. The van der Waals surface area contributed by atoms with Gasteiger partial charge in [0.1, 0.15) is 11.4 Å². The molecule has 0 spiro atoms. The number of carbonyl (C=O) groups excluding carboxylic acids is 2. The topological polar surface area (TPSA) is 125 Å². The molecular weight excluding hydrogens is 531 g/mol. The molecule has 1 amide bonds. The molecule has 1 atom stereocenters. The van der Waals surface area contributed by atoms with Crippen LogP contribution in [0.5, 0.6) is 0 Å². The Labute approximate surface area is 219 Å². The lowest BCUT2D eigenvalue weighted by molar-refractivity contribution is -0.383. The average molecular weight is 546 g/mol. The van der Waals surface area contributed by atoms with Crippen LogP contribution in [0.1, 0.15) is 11.6 Å². The van der Waals surface area contributed by atoms with E-state index in [1.54, 1.807) is 42.5 Å². The highest BCUT2D eigenvalue weighted by Crippen LogP contribution is 2.39. The largest absolute Gasteiger partial charge is 0.506 e. The second-order valence-electron chi connectivity index (χ2n) is 7.48. The van der Waals surface area contributed by atoms with Crippen molar-refractivity contribution in [3.63, 3.8) is 0 Å². The molecule has 1 aliphatic rings. The normalized spacial score (nSPS) is 15.1. The van der Waals surface area contributed by atoms with Crippen LogP contribution in [0, 0.1) is 10.1 Å². The number of allylic oxidation sites excluding steroid dienone is 1. The van der Waals surface area contributed by atoms with E-state index >= 15 is 0 Å². The van der Waals surface area contributed by atoms with Crippen LogP contribution in [-0.4, -0.2) is 27.4 Å². The molecule has 4 rings (SSSR count). The summed E-state index contributed by atoms with van der Waals surface area (Å²) in [7, 11) is 0. The van der Waals surface area contributed by atoms with Crippen LogP contribution in [0.2, 0.25) is 15.1 Å².